The van der Waals surface area contributed by atoms with E-state index in [0.717, 1.165) is 30.4 Å². The van der Waals surface area contributed by atoms with Crippen molar-refractivity contribution < 1.29 is 0 Å². The zero-order valence-corrected chi connectivity index (χ0v) is 14.6. The van der Waals surface area contributed by atoms with E-state index < -0.39 is 0 Å². The molecule has 1 aliphatic carbocycles. The summed E-state index contributed by atoms with van der Waals surface area (Å²) in [5.41, 5.74) is 2.41. The van der Waals surface area contributed by atoms with Crippen LogP contribution in [-0.2, 0) is 13.6 Å². The molecule has 0 aromatic carbocycles. The van der Waals surface area contributed by atoms with Crippen LogP contribution in [-0.4, -0.2) is 37.2 Å². The topological polar surface area (TPSA) is 58.9 Å². The molecule has 0 radical (unpaired) electrons. The van der Waals surface area contributed by atoms with Crippen LogP contribution in [0.3, 0.4) is 0 Å². The molecule has 6 nitrogen and oxygen atoms in total. The second kappa shape index (κ2) is 6.51. The number of nitrogens with zero attached hydrogens (tertiary/aromatic N) is 5. The van der Waals surface area contributed by atoms with Crippen molar-refractivity contribution >= 4 is 5.82 Å². The first-order valence-corrected chi connectivity index (χ1v) is 9.01. The van der Waals surface area contributed by atoms with Crippen molar-refractivity contribution in [2.45, 2.75) is 57.7 Å². The molecule has 1 saturated carbocycles. The summed E-state index contributed by atoms with van der Waals surface area (Å²) >= 11 is 0. The number of hydrogen-bond acceptors (Lipinski definition) is 5. The predicted molar refractivity (Wildman–Crippen MR) is 93.6 cm³/mol. The summed E-state index contributed by atoms with van der Waals surface area (Å²) in [4.78, 5) is 11.8. The van der Waals surface area contributed by atoms with Gasteiger partial charge in [-0.3, -0.25) is 9.58 Å². The van der Waals surface area contributed by atoms with Crippen molar-refractivity contribution in [2.24, 2.45) is 7.05 Å². The quantitative estimate of drug-likeness (QED) is 0.915. The number of nitrogens with one attached hydrogen (secondary N) is 1. The van der Waals surface area contributed by atoms with Crippen LogP contribution in [0.1, 0.15) is 55.2 Å². The van der Waals surface area contributed by atoms with Gasteiger partial charge in [0, 0.05) is 44.0 Å². The molecule has 3 heterocycles. The fraction of sp³-hybridized carbons (Fsp3) is 0.611. The first-order chi connectivity index (χ1) is 11.7. The number of aryl methyl sites for hydroxylation is 2. The highest BCUT2D eigenvalue weighted by molar-refractivity contribution is 5.38. The zero-order valence-electron chi connectivity index (χ0n) is 14.6. The van der Waals surface area contributed by atoms with Crippen LogP contribution >= 0.6 is 0 Å². The summed E-state index contributed by atoms with van der Waals surface area (Å²) in [6.07, 6.45) is 10.4. The molecule has 1 aliphatic heterocycles. The molecule has 0 amide bonds. The van der Waals surface area contributed by atoms with Gasteiger partial charge in [0.2, 0.25) is 0 Å². The Bertz CT molecular complexity index is 703. The predicted octanol–water partition coefficient (Wildman–Crippen LogP) is 2.82. The van der Waals surface area contributed by atoms with Crippen molar-refractivity contribution in [3.8, 4) is 0 Å². The van der Waals surface area contributed by atoms with Gasteiger partial charge in [0.1, 0.15) is 11.6 Å². The van der Waals surface area contributed by atoms with Crippen LogP contribution < -0.4 is 5.32 Å². The molecule has 4 rings (SSSR count). The Morgan fingerprint density at radius 2 is 2.04 bits per heavy atom. The number of rotatable bonds is 5. The maximum atomic E-state index is 4.71. The van der Waals surface area contributed by atoms with Crippen LogP contribution in [0.2, 0.25) is 0 Å². The van der Waals surface area contributed by atoms with Gasteiger partial charge in [0.05, 0.1) is 17.9 Å². The molecule has 0 unspecified atom stereocenters. The first kappa shape index (κ1) is 15.6. The van der Waals surface area contributed by atoms with E-state index >= 15 is 0 Å². The van der Waals surface area contributed by atoms with E-state index in [1.807, 2.05) is 24.9 Å². The lowest BCUT2D eigenvalue weighted by Crippen LogP contribution is -2.40. The van der Waals surface area contributed by atoms with E-state index in [1.165, 1.54) is 37.7 Å². The maximum absolute atomic E-state index is 4.71. The van der Waals surface area contributed by atoms with E-state index in [1.54, 1.807) is 0 Å². The van der Waals surface area contributed by atoms with Gasteiger partial charge in [-0.15, -0.1) is 0 Å². The van der Waals surface area contributed by atoms with Crippen LogP contribution in [0, 0.1) is 6.92 Å². The van der Waals surface area contributed by atoms with Crippen molar-refractivity contribution in [3.05, 3.63) is 35.5 Å². The zero-order chi connectivity index (χ0) is 16.5. The average Bonchev–Trinajstić information content (AvgIpc) is 3.15. The minimum atomic E-state index is 0.399. The number of hydrogen-bond donors (Lipinski definition) is 1. The van der Waals surface area contributed by atoms with Gasteiger partial charge in [-0.2, -0.15) is 5.10 Å². The van der Waals surface area contributed by atoms with Crippen LogP contribution in [0.5, 0.6) is 0 Å². The minimum Gasteiger partial charge on any atom is -0.367 e. The summed E-state index contributed by atoms with van der Waals surface area (Å²) in [5, 5.41) is 7.88. The summed E-state index contributed by atoms with van der Waals surface area (Å²) in [6, 6.07) is 3.14. The highest BCUT2D eigenvalue weighted by atomic mass is 15.3. The molecule has 24 heavy (non-hydrogen) atoms. The Labute approximate surface area is 143 Å². The monoisotopic (exact) mass is 326 g/mol. The highest BCUT2D eigenvalue weighted by Gasteiger charge is 2.31. The van der Waals surface area contributed by atoms with Gasteiger partial charge in [-0.25, -0.2) is 9.97 Å². The van der Waals surface area contributed by atoms with E-state index in [4.69, 9.17) is 4.98 Å². The number of anilines is 1. The lowest BCUT2D eigenvalue weighted by molar-refractivity contribution is 0.0785. The molecule has 1 N–H and O–H groups in total. The summed E-state index contributed by atoms with van der Waals surface area (Å²) in [6.45, 7) is 4.05. The fourth-order valence-electron chi connectivity index (χ4n) is 3.87. The molecule has 2 aliphatic rings. The van der Waals surface area contributed by atoms with Crippen molar-refractivity contribution in [1.82, 2.24) is 24.6 Å². The third-order valence-corrected chi connectivity index (χ3v) is 5.18. The van der Waals surface area contributed by atoms with Crippen molar-refractivity contribution in [3.63, 3.8) is 0 Å². The molecule has 2 aromatic heterocycles. The van der Waals surface area contributed by atoms with Crippen molar-refractivity contribution in [2.75, 3.05) is 11.9 Å². The van der Waals surface area contributed by atoms with Crippen LogP contribution in [0.4, 0.5) is 5.82 Å². The van der Waals surface area contributed by atoms with Gasteiger partial charge in [-0.1, -0.05) is 12.8 Å². The third-order valence-electron chi connectivity index (χ3n) is 5.18. The molecule has 0 spiro atoms. The summed E-state index contributed by atoms with van der Waals surface area (Å²) in [7, 11) is 1.96. The van der Waals surface area contributed by atoms with Gasteiger partial charge >= 0.3 is 0 Å². The normalized spacial score (nSPS) is 21.8. The summed E-state index contributed by atoms with van der Waals surface area (Å²) in [5.74, 6) is 1.86. The molecular formula is C18H26N6. The number of likely N-dealkylation sites (tertiary alicyclic amines) is 1. The highest BCUT2D eigenvalue weighted by Crippen LogP contribution is 2.34. The molecule has 128 valence electrons. The molecule has 6 heteroatoms. The lowest BCUT2D eigenvalue weighted by Gasteiger charge is -2.40. The SMILES string of the molecule is Cc1nc(NC2CCCC2)cc([C@H]2CCN2Cc2cnn(C)c2)n1. The Hall–Kier alpha value is -1.95. The standard InChI is InChI=1S/C18H26N6/c1-13-20-16(9-18(21-13)22-15-5-3-4-6-15)17-7-8-24(17)12-14-10-19-23(2)11-14/h9-11,15,17H,3-8,12H2,1-2H3,(H,20,21,22)/t17-/m1/s1. The van der Waals surface area contributed by atoms with E-state index in [0.29, 0.717) is 12.1 Å². The third kappa shape index (κ3) is 3.29. The molecule has 2 fully saturated rings. The van der Waals surface area contributed by atoms with Gasteiger partial charge in [0.25, 0.3) is 0 Å². The van der Waals surface area contributed by atoms with Crippen molar-refractivity contribution in [1.29, 1.82) is 0 Å². The van der Waals surface area contributed by atoms with Gasteiger partial charge in [-0.05, 0) is 26.2 Å². The largest absolute Gasteiger partial charge is 0.367 e. The van der Waals surface area contributed by atoms with Crippen LogP contribution in [0.25, 0.3) is 0 Å². The Kier molecular flexibility index (Phi) is 4.22. The molecular weight excluding hydrogens is 300 g/mol. The maximum Gasteiger partial charge on any atom is 0.130 e. The second-order valence-electron chi connectivity index (χ2n) is 7.15. The van der Waals surface area contributed by atoms with E-state index in [-0.39, 0.29) is 0 Å². The van der Waals surface area contributed by atoms with E-state index in [9.17, 15) is 0 Å². The molecule has 1 saturated heterocycles. The lowest BCUT2D eigenvalue weighted by atomic mass is 9.98. The van der Waals surface area contributed by atoms with Gasteiger partial charge in [0.15, 0.2) is 0 Å². The first-order valence-electron chi connectivity index (χ1n) is 9.01. The Morgan fingerprint density at radius 1 is 1.21 bits per heavy atom. The van der Waals surface area contributed by atoms with E-state index in [2.05, 4.69) is 32.6 Å². The Balaban J connectivity index is 1.47. The summed E-state index contributed by atoms with van der Waals surface area (Å²) < 4.78 is 1.86. The second-order valence-corrected chi connectivity index (χ2v) is 7.15. The Morgan fingerprint density at radius 3 is 2.71 bits per heavy atom. The average molecular weight is 326 g/mol. The fourth-order valence-corrected chi connectivity index (χ4v) is 3.87. The smallest absolute Gasteiger partial charge is 0.130 e. The van der Waals surface area contributed by atoms with Gasteiger partial charge < -0.3 is 5.32 Å². The molecule has 0 bridgehead atoms. The minimum absolute atomic E-state index is 0.399. The molecule has 2 aromatic rings. The molecule has 1 atom stereocenters. The van der Waals surface area contributed by atoms with Crippen LogP contribution in [0.15, 0.2) is 18.5 Å². The number of aromatic nitrogens is 4.